The smallest absolute Gasteiger partial charge is 0.227 e. The van der Waals surface area contributed by atoms with Crippen LogP contribution in [0.15, 0.2) is 48.7 Å². The van der Waals surface area contributed by atoms with Gasteiger partial charge in [0, 0.05) is 45.5 Å². The van der Waals surface area contributed by atoms with Gasteiger partial charge in [-0.05, 0) is 31.0 Å². The molecule has 1 aromatic carbocycles. The second-order valence-electron chi connectivity index (χ2n) is 7.79. The molecule has 1 atom stereocenters. The largest absolute Gasteiger partial charge is 0.378 e. The van der Waals surface area contributed by atoms with E-state index in [0.29, 0.717) is 6.04 Å². The number of likely N-dealkylation sites (N-methyl/N-ethyl adjacent to an activating group) is 1. The van der Waals surface area contributed by atoms with E-state index in [1.54, 1.807) is 0 Å². The molecule has 29 heavy (non-hydrogen) atoms. The minimum Gasteiger partial charge on any atom is -0.378 e. The molecule has 2 aliphatic heterocycles. The van der Waals surface area contributed by atoms with Gasteiger partial charge in [0.25, 0.3) is 0 Å². The van der Waals surface area contributed by atoms with Crippen LogP contribution in [0.25, 0.3) is 6.08 Å². The number of hydrogen-bond donors (Lipinski definition) is 0. The normalized spacial score (nSPS) is 20.9. The van der Waals surface area contributed by atoms with Crippen LogP contribution in [0.3, 0.4) is 0 Å². The number of anilines is 2. The van der Waals surface area contributed by atoms with Crippen molar-refractivity contribution >= 4 is 17.8 Å². The molecule has 0 N–H and O–H groups in total. The van der Waals surface area contributed by atoms with Crippen LogP contribution in [-0.4, -0.2) is 73.9 Å². The highest BCUT2D eigenvalue weighted by atomic mass is 16.5. The van der Waals surface area contributed by atoms with Crippen molar-refractivity contribution in [3.8, 4) is 0 Å². The fourth-order valence-corrected chi connectivity index (χ4v) is 4.06. The Morgan fingerprint density at radius 1 is 1.14 bits per heavy atom. The molecule has 0 saturated carbocycles. The quantitative estimate of drug-likeness (QED) is 0.752. The Hall–Kier alpha value is -2.44. The Bertz CT molecular complexity index is 791. The molecule has 6 heteroatoms. The molecule has 0 bridgehead atoms. The molecule has 1 aromatic heterocycles. The lowest BCUT2D eigenvalue weighted by atomic mass is 10.0. The van der Waals surface area contributed by atoms with Crippen LogP contribution in [-0.2, 0) is 4.74 Å². The number of hydrogen-bond acceptors (Lipinski definition) is 6. The third-order valence-corrected chi connectivity index (χ3v) is 5.78. The highest BCUT2D eigenvalue weighted by Crippen LogP contribution is 2.21. The number of nitrogens with zero attached hydrogens (tertiary/aromatic N) is 5. The topological polar surface area (TPSA) is 44.7 Å². The van der Waals surface area contributed by atoms with Gasteiger partial charge < -0.3 is 14.5 Å². The van der Waals surface area contributed by atoms with Crippen LogP contribution in [0, 0.1) is 0 Å². The first kappa shape index (κ1) is 19.9. The first-order valence-electron chi connectivity index (χ1n) is 10.6. The summed E-state index contributed by atoms with van der Waals surface area (Å²) < 4.78 is 5.46. The Morgan fingerprint density at radius 2 is 1.97 bits per heavy atom. The lowest BCUT2D eigenvalue weighted by Crippen LogP contribution is -2.47. The van der Waals surface area contributed by atoms with Gasteiger partial charge in [-0.15, -0.1) is 0 Å². The van der Waals surface area contributed by atoms with Crippen LogP contribution < -0.4 is 9.80 Å². The molecular weight excluding hydrogens is 362 g/mol. The van der Waals surface area contributed by atoms with E-state index in [1.165, 1.54) is 18.4 Å². The maximum Gasteiger partial charge on any atom is 0.227 e. The summed E-state index contributed by atoms with van der Waals surface area (Å²) in [6, 6.07) is 12.9. The van der Waals surface area contributed by atoms with Crippen molar-refractivity contribution in [2.75, 3.05) is 62.8 Å². The molecule has 2 aliphatic rings. The number of benzene rings is 1. The first-order chi connectivity index (χ1) is 14.3. The minimum absolute atomic E-state index is 0.439. The van der Waals surface area contributed by atoms with E-state index in [1.807, 2.05) is 12.3 Å². The predicted molar refractivity (Wildman–Crippen MR) is 118 cm³/mol. The number of likely N-dealkylation sites (tertiary alicyclic amines) is 1. The number of piperidine rings is 1. The zero-order valence-corrected chi connectivity index (χ0v) is 17.3. The summed E-state index contributed by atoms with van der Waals surface area (Å²) >= 11 is 0. The molecule has 0 radical (unpaired) electrons. The summed E-state index contributed by atoms with van der Waals surface area (Å²) in [5.41, 5.74) is 1.26. The molecule has 2 aromatic rings. The van der Waals surface area contributed by atoms with Crippen molar-refractivity contribution in [2.45, 2.75) is 18.9 Å². The van der Waals surface area contributed by atoms with Crippen molar-refractivity contribution < 1.29 is 4.74 Å². The van der Waals surface area contributed by atoms with Crippen molar-refractivity contribution in [1.29, 1.82) is 0 Å². The summed E-state index contributed by atoms with van der Waals surface area (Å²) in [6.07, 6.45) is 8.75. The number of ether oxygens (including phenoxy) is 1. The molecule has 2 saturated heterocycles. The van der Waals surface area contributed by atoms with Gasteiger partial charge in [-0.1, -0.05) is 42.5 Å². The number of rotatable bonds is 6. The average molecular weight is 394 g/mol. The molecule has 0 spiro atoms. The fourth-order valence-electron chi connectivity index (χ4n) is 4.06. The van der Waals surface area contributed by atoms with Crippen molar-refractivity contribution in [2.24, 2.45) is 0 Å². The second-order valence-corrected chi connectivity index (χ2v) is 7.79. The minimum atomic E-state index is 0.439. The van der Waals surface area contributed by atoms with E-state index in [2.05, 4.69) is 69.2 Å². The average Bonchev–Trinajstić information content (AvgIpc) is 2.80. The maximum absolute atomic E-state index is 5.46. The zero-order valence-electron chi connectivity index (χ0n) is 17.3. The second kappa shape index (κ2) is 9.85. The molecular formula is C23H31N5O. The van der Waals surface area contributed by atoms with Gasteiger partial charge in [0.15, 0.2) is 0 Å². The van der Waals surface area contributed by atoms with Crippen LogP contribution in [0.5, 0.6) is 0 Å². The lowest BCUT2D eigenvalue weighted by molar-refractivity contribution is 0.122. The van der Waals surface area contributed by atoms with Crippen molar-refractivity contribution in [1.82, 2.24) is 14.9 Å². The van der Waals surface area contributed by atoms with E-state index in [9.17, 15) is 0 Å². The molecule has 1 unspecified atom stereocenters. The van der Waals surface area contributed by atoms with E-state index in [0.717, 1.165) is 57.7 Å². The summed E-state index contributed by atoms with van der Waals surface area (Å²) in [6.45, 7) is 6.50. The number of aromatic nitrogens is 2. The molecule has 2 fully saturated rings. The van der Waals surface area contributed by atoms with E-state index in [4.69, 9.17) is 9.72 Å². The highest BCUT2D eigenvalue weighted by molar-refractivity contribution is 5.49. The van der Waals surface area contributed by atoms with Gasteiger partial charge in [-0.2, -0.15) is 4.98 Å². The van der Waals surface area contributed by atoms with Gasteiger partial charge in [0.05, 0.1) is 13.2 Å². The molecule has 6 nitrogen and oxygen atoms in total. The molecule has 3 heterocycles. The standard InChI is InChI=1S/C23H31N5O/c1-26(23-24-12-11-22(25-23)28-15-17-29-18-16-28)21-10-6-14-27(19-21)13-5-9-20-7-3-2-4-8-20/h2-5,7-9,11-12,21H,6,10,13-19H2,1H3/b9-5+. The van der Waals surface area contributed by atoms with Crippen molar-refractivity contribution in [3.05, 3.63) is 54.2 Å². The first-order valence-corrected chi connectivity index (χ1v) is 10.6. The summed E-state index contributed by atoms with van der Waals surface area (Å²) in [5, 5.41) is 0. The maximum atomic E-state index is 5.46. The Kier molecular flexibility index (Phi) is 6.75. The lowest BCUT2D eigenvalue weighted by Gasteiger charge is -2.37. The monoisotopic (exact) mass is 393 g/mol. The Balaban J connectivity index is 1.36. The highest BCUT2D eigenvalue weighted by Gasteiger charge is 2.24. The van der Waals surface area contributed by atoms with Crippen LogP contribution in [0.1, 0.15) is 18.4 Å². The molecule has 4 rings (SSSR count). The van der Waals surface area contributed by atoms with Crippen LogP contribution in [0.4, 0.5) is 11.8 Å². The summed E-state index contributed by atoms with van der Waals surface area (Å²) in [5.74, 6) is 1.82. The van der Waals surface area contributed by atoms with E-state index < -0.39 is 0 Å². The number of morpholine rings is 1. The van der Waals surface area contributed by atoms with E-state index in [-0.39, 0.29) is 0 Å². The predicted octanol–water partition coefficient (Wildman–Crippen LogP) is 2.93. The summed E-state index contributed by atoms with van der Waals surface area (Å²) in [7, 11) is 2.13. The van der Waals surface area contributed by atoms with Gasteiger partial charge in [-0.3, -0.25) is 4.90 Å². The van der Waals surface area contributed by atoms with E-state index >= 15 is 0 Å². The van der Waals surface area contributed by atoms with Crippen LogP contribution >= 0.6 is 0 Å². The zero-order chi connectivity index (χ0) is 19.9. The summed E-state index contributed by atoms with van der Waals surface area (Å²) in [4.78, 5) is 16.5. The molecule has 0 aliphatic carbocycles. The van der Waals surface area contributed by atoms with Crippen molar-refractivity contribution in [3.63, 3.8) is 0 Å². The molecule has 0 amide bonds. The van der Waals surface area contributed by atoms with Gasteiger partial charge >= 0.3 is 0 Å². The van der Waals surface area contributed by atoms with Gasteiger partial charge in [0.1, 0.15) is 5.82 Å². The fraction of sp³-hybridized carbons (Fsp3) is 0.478. The van der Waals surface area contributed by atoms with Gasteiger partial charge in [-0.25, -0.2) is 4.98 Å². The van der Waals surface area contributed by atoms with Crippen LogP contribution in [0.2, 0.25) is 0 Å². The molecule has 154 valence electrons. The third-order valence-electron chi connectivity index (χ3n) is 5.78. The van der Waals surface area contributed by atoms with Gasteiger partial charge in [0.2, 0.25) is 5.95 Å². The third kappa shape index (κ3) is 5.34. The Morgan fingerprint density at radius 3 is 2.79 bits per heavy atom. The Labute approximate surface area is 173 Å². The SMILES string of the molecule is CN(c1nccc(N2CCOCC2)n1)C1CCCN(C/C=C/c2ccccc2)C1.